The van der Waals surface area contributed by atoms with Gasteiger partial charge in [0.2, 0.25) is 11.8 Å². The summed E-state index contributed by atoms with van der Waals surface area (Å²) in [6.45, 7) is 3.27. The van der Waals surface area contributed by atoms with Gasteiger partial charge in [-0.15, -0.1) is 0 Å². The second-order valence-corrected chi connectivity index (χ2v) is 6.21. The first-order chi connectivity index (χ1) is 12.8. The number of hydrogen-bond acceptors (Lipinski definition) is 3. The molecule has 0 heterocycles. The highest BCUT2D eigenvalue weighted by Gasteiger charge is 2.24. The van der Waals surface area contributed by atoms with Gasteiger partial charge in [0.1, 0.15) is 5.82 Å². The molecule has 0 radical (unpaired) electrons. The Bertz CT molecular complexity index is 867. The molecule has 2 aromatic rings. The maximum absolute atomic E-state index is 13.1. The minimum atomic E-state index is -1.21. The molecule has 0 fully saturated rings. The predicted molar refractivity (Wildman–Crippen MR) is 97.5 cm³/mol. The van der Waals surface area contributed by atoms with Crippen LogP contribution in [-0.2, 0) is 20.8 Å². The fraction of sp³-hybridized carbons (Fsp3) is 0.250. The van der Waals surface area contributed by atoms with Gasteiger partial charge in [0.05, 0.1) is 13.0 Å². The number of aryl methyl sites for hydroxylation is 1. The Balaban J connectivity index is 1.95. The molecule has 0 aliphatic heterocycles. The van der Waals surface area contributed by atoms with Gasteiger partial charge in [-0.05, 0) is 48.2 Å². The summed E-state index contributed by atoms with van der Waals surface area (Å²) in [5.41, 5.74) is 2.66. The van der Waals surface area contributed by atoms with Crippen LogP contribution in [0.1, 0.15) is 28.3 Å². The number of nitrogens with one attached hydrogen (secondary N) is 2. The van der Waals surface area contributed by atoms with Crippen molar-refractivity contribution in [2.45, 2.75) is 26.3 Å². The van der Waals surface area contributed by atoms with Crippen molar-refractivity contribution in [3.8, 4) is 0 Å². The molecule has 3 N–H and O–H groups in total. The number of carboxylic acids is 1. The molecule has 142 valence electrons. The molecular formula is C20H21FN2O4. The van der Waals surface area contributed by atoms with E-state index in [0.717, 1.165) is 11.1 Å². The number of rotatable bonds is 7. The molecule has 6 nitrogen and oxygen atoms in total. The van der Waals surface area contributed by atoms with Crippen molar-refractivity contribution in [3.63, 3.8) is 0 Å². The van der Waals surface area contributed by atoms with Gasteiger partial charge in [-0.1, -0.05) is 30.3 Å². The number of hydrogen-bond donors (Lipinski definition) is 3. The molecule has 0 bridgehead atoms. The summed E-state index contributed by atoms with van der Waals surface area (Å²) in [6.07, 6.45) is -0.0790. The number of benzene rings is 2. The highest BCUT2D eigenvalue weighted by Crippen LogP contribution is 2.20. The summed E-state index contributed by atoms with van der Waals surface area (Å²) in [4.78, 5) is 35.5. The topological polar surface area (TPSA) is 95.5 Å². The van der Waals surface area contributed by atoms with E-state index in [2.05, 4.69) is 10.6 Å². The molecule has 1 atom stereocenters. The van der Waals surface area contributed by atoms with Crippen molar-refractivity contribution in [2.24, 2.45) is 0 Å². The van der Waals surface area contributed by atoms with Crippen LogP contribution in [0.4, 0.5) is 4.39 Å². The molecule has 0 spiro atoms. The molecule has 7 heteroatoms. The van der Waals surface area contributed by atoms with Gasteiger partial charge in [0, 0.05) is 0 Å². The third-order valence-corrected chi connectivity index (χ3v) is 4.21. The van der Waals surface area contributed by atoms with Crippen LogP contribution in [0.25, 0.3) is 0 Å². The van der Waals surface area contributed by atoms with Crippen molar-refractivity contribution < 1.29 is 23.9 Å². The summed E-state index contributed by atoms with van der Waals surface area (Å²) in [7, 11) is 0. The minimum Gasteiger partial charge on any atom is -0.479 e. The zero-order chi connectivity index (χ0) is 20.0. The van der Waals surface area contributed by atoms with Crippen LogP contribution in [-0.4, -0.2) is 29.4 Å². The van der Waals surface area contributed by atoms with E-state index in [-0.39, 0.29) is 13.0 Å². The van der Waals surface area contributed by atoms with Crippen molar-refractivity contribution in [3.05, 3.63) is 70.5 Å². The summed E-state index contributed by atoms with van der Waals surface area (Å²) in [5, 5.41) is 14.3. The Labute approximate surface area is 156 Å². The highest BCUT2D eigenvalue weighted by atomic mass is 19.1. The fourth-order valence-electron chi connectivity index (χ4n) is 2.64. The van der Waals surface area contributed by atoms with E-state index in [9.17, 15) is 23.9 Å². The SMILES string of the molecule is Cc1cccc(C(NC(=O)CNC(=O)Cc2cccc(F)c2)C(=O)O)c1C. The van der Waals surface area contributed by atoms with E-state index in [1.54, 1.807) is 25.1 Å². The summed E-state index contributed by atoms with van der Waals surface area (Å²) >= 11 is 0. The third-order valence-electron chi connectivity index (χ3n) is 4.21. The second-order valence-electron chi connectivity index (χ2n) is 6.21. The lowest BCUT2D eigenvalue weighted by Gasteiger charge is -2.18. The van der Waals surface area contributed by atoms with Crippen molar-refractivity contribution >= 4 is 17.8 Å². The first-order valence-electron chi connectivity index (χ1n) is 8.37. The molecular weight excluding hydrogens is 351 g/mol. The normalized spacial score (nSPS) is 11.5. The lowest BCUT2D eigenvalue weighted by atomic mass is 9.97. The summed E-state index contributed by atoms with van der Waals surface area (Å²) < 4.78 is 13.1. The largest absolute Gasteiger partial charge is 0.479 e. The van der Waals surface area contributed by atoms with Gasteiger partial charge in [0.15, 0.2) is 6.04 Å². The van der Waals surface area contributed by atoms with Crippen LogP contribution >= 0.6 is 0 Å². The summed E-state index contributed by atoms with van der Waals surface area (Å²) in [6, 6.07) is 9.61. The fourth-order valence-corrected chi connectivity index (χ4v) is 2.64. The van der Waals surface area contributed by atoms with Crippen LogP contribution in [0.15, 0.2) is 42.5 Å². The third kappa shape index (κ3) is 5.64. The van der Waals surface area contributed by atoms with E-state index < -0.39 is 29.6 Å². The van der Waals surface area contributed by atoms with Gasteiger partial charge >= 0.3 is 5.97 Å². The first-order valence-corrected chi connectivity index (χ1v) is 8.37. The number of aliphatic carboxylic acids is 1. The van der Waals surface area contributed by atoms with Crippen LogP contribution < -0.4 is 10.6 Å². The molecule has 0 saturated carbocycles. The van der Waals surface area contributed by atoms with E-state index in [1.165, 1.54) is 18.2 Å². The number of amides is 2. The molecule has 0 aliphatic carbocycles. The molecule has 0 saturated heterocycles. The Hall–Kier alpha value is -3.22. The molecule has 2 aromatic carbocycles. The smallest absolute Gasteiger partial charge is 0.330 e. The average molecular weight is 372 g/mol. The van der Waals surface area contributed by atoms with Gasteiger partial charge < -0.3 is 15.7 Å². The number of carboxylic acid groups (broad SMARTS) is 1. The van der Waals surface area contributed by atoms with Gasteiger partial charge in [-0.25, -0.2) is 9.18 Å². The highest BCUT2D eigenvalue weighted by molar-refractivity contribution is 5.89. The molecule has 0 aromatic heterocycles. The van der Waals surface area contributed by atoms with Gasteiger partial charge in [-0.2, -0.15) is 0 Å². The average Bonchev–Trinajstić information content (AvgIpc) is 2.60. The van der Waals surface area contributed by atoms with Gasteiger partial charge in [0.25, 0.3) is 0 Å². The Morgan fingerprint density at radius 1 is 1.07 bits per heavy atom. The predicted octanol–water partition coefficient (Wildman–Crippen LogP) is 2.04. The standard InChI is InChI=1S/C20H21FN2O4/c1-12-5-3-8-16(13(12)2)19(20(26)27)23-18(25)11-22-17(24)10-14-6-4-7-15(21)9-14/h3-9,19H,10-11H2,1-2H3,(H,22,24)(H,23,25)(H,26,27). The lowest BCUT2D eigenvalue weighted by Crippen LogP contribution is -2.41. The zero-order valence-corrected chi connectivity index (χ0v) is 15.1. The number of carbonyl (C=O) groups excluding carboxylic acids is 2. The van der Waals surface area contributed by atoms with Crippen LogP contribution in [0.3, 0.4) is 0 Å². The number of carbonyl (C=O) groups is 3. The zero-order valence-electron chi connectivity index (χ0n) is 15.1. The monoisotopic (exact) mass is 372 g/mol. The van der Waals surface area contributed by atoms with Crippen molar-refractivity contribution in [1.82, 2.24) is 10.6 Å². The maximum Gasteiger partial charge on any atom is 0.330 e. The maximum atomic E-state index is 13.1. The lowest BCUT2D eigenvalue weighted by molar-refractivity contribution is -0.142. The van der Waals surface area contributed by atoms with Gasteiger partial charge in [-0.3, -0.25) is 9.59 Å². The molecule has 0 aliphatic rings. The Morgan fingerprint density at radius 3 is 2.44 bits per heavy atom. The molecule has 2 rings (SSSR count). The van der Waals surface area contributed by atoms with Crippen molar-refractivity contribution in [2.75, 3.05) is 6.54 Å². The Morgan fingerprint density at radius 2 is 1.78 bits per heavy atom. The van der Waals surface area contributed by atoms with E-state index in [0.29, 0.717) is 11.1 Å². The van der Waals surface area contributed by atoms with E-state index >= 15 is 0 Å². The second kappa shape index (κ2) is 8.93. The summed E-state index contributed by atoms with van der Waals surface area (Å²) in [5.74, 6) is -2.73. The quantitative estimate of drug-likeness (QED) is 0.693. The van der Waals surface area contributed by atoms with Crippen LogP contribution in [0.2, 0.25) is 0 Å². The van der Waals surface area contributed by atoms with E-state index in [1.807, 2.05) is 13.0 Å². The van der Waals surface area contributed by atoms with Crippen molar-refractivity contribution in [1.29, 1.82) is 0 Å². The van der Waals surface area contributed by atoms with Crippen LogP contribution in [0, 0.1) is 19.7 Å². The molecule has 27 heavy (non-hydrogen) atoms. The molecule has 2 amide bonds. The van der Waals surface area contributed by atoms with E-state index in [4.69, 9.17) is 0 Å². The number of halogens is 1. The first kappa shape index (κ1) is 20.1. The van der Waals surface area contributed by atoms with Crippen LogP contribution in [0.5, 0.6) is 0 Å². The Kier molecular flexibility index (Phi) is 6.65. The minimum absolute atomic E-state index is 0.0790. The molecule has 1 unspecified atom stereocenters.